The van der Waals surface area contributed by atoms with Crippen LogP contribution in [0.3, 0.4) is 0 Å². The molecule has 1 aliphatic rings. The number of hydrogen-bond donors (Lipinski definition) is 1. The van der Waals surface area contributed by atoms with E-state index >= 15 is 0 Å². The van der Waals surface area contributed by atoms with E-state index < -0.39 is 15.6 Å². The second-order valence-electron chi connectivity index (χ2n) is 9.92. The van der Waals surface area contributed by atoms with Crippen LogP contribution in [0.4, 0.5) is 5.95 Å². The van der Waals surface area contributed by atoms with Crippen LogP contribution in [-0.4, -0.2) is 41.8 Å². The summed E-state index contributed by atoms with van der Waals surface area (Å²) in [5.74, 6) is 1.49. The molecule has 1 N–H and O–H groups in total. The molecule has 1 aliphatic heterocycles. The zero-order chi connectivity index (χ0) is 28.7. The van der Waals surface area contributed by atoms with Crippen molar-refractivity contribution in [2.75, 3.05) is 18.4 Å². The fourth-order valence-electron chi connectivity index (χ4n) is 5.03. The third-order valence-corrected chi connectivity index (χ3v) is 9.86. The molecule has 41 heavy (non-hydrogen) atoms. The molecule has 1 saturated heterocycles. The second kappa shape index (κ2) is 10.6. The van der Waals surface area contributed by atoms with E-state index in [9.17, 15) is 18.5 Å². The monoisotopic (exact) mass is 587 g/mol. The standard InChI is InChI=1S/C29H25N5O5S2/c1-17-13-19(16-30)14-18(2)26(17)39-28-27-23(9-12-40-27)32-29(33-28)31-21-7-10-34(11-8-21)41(36,37)22-4-5-24-20(15-22)3-6-25(35)38-24/h3-6,9,12-15,21H,7-8,10-11H2,1-2H3,(H,31,32,33). The zero-order valence-electron chi connectivity index (χ0n) is 22.2. The summed E-state index contributed by atoms with van der Waals surface area (Å²) in [6.45, 7) is 4.45. The topological polar surface area (TPSA) is 138 Å². The average molecular weight is 588 g/mol. The number of fused-ring (bicyclic) bond motifs is 2. The van der Waals surface area contributed by atoms with E-state index in [1.165, 1.54) is 39.9 Å². The van der Waals surface area contributed by atoms with E-state index in [0.717, 1.165) is 21.3 Å². The van der Waals surface area contributed by atoms with Crippen LogP contribution in [0.2, 0.25) is 0 Å². The SMILES string of the molecule is Cc1cc(C#N)cc(C)c1Oc1nc(NC2CCN(S(=O)(=O)c3ccc4oc(=O)ccc4c3)CC2)nc2ccsc12. The number of nitrogens with zero attached hydrogens (tertiary/aromatic N) is 4. The number of ether oxygens (including phenoxy) is 1. The third-order valence-electron chi connectivity index (χ3n) is 7.08. The maximum absolute atomic E-state index is 13.3. The number of aryl methyl sites for hydroxylation is 2. The summed E-state index contributed by atoms with van der Waals surface area (Å²) in [5.41, 5.74) is 2.85. The summed E-state index contributed by atoms with van der Waals surface area (Å²) in [6, 6.07) is 14.9. The normalized spacial score (nSPS) is 14.8. The lowest BCUT2D eigenvalue weighted by atomic mass is 10.1. The molecule has 0 radical (unpaired) electrons. The molecule has 3 aromatic heterocycles. The predicted octanol–water partition coefficient (Wildman–Crippen LogP) is 5.34. The number of anilines is 1. The third kappa shape index (κ3) is 5.27. The molecule has 12 heteroatoms. The number of rotatable bonds is 6. The highest BCUT2D eigenvalue weighted by Gasteiger charge is 2.30. The van der Waals surface area contributed by atoms with Crippen molar-refractivity contribution in [1.29, 1.82) is 5.26 Å². The van der Waals surface area contributed by atoms with Gasteiger partial charge in [-0.2, -0.15) is 14.6 Å². The Balaban J connectivity index is 1.18. The first-order valence-electron chi connectivity index (χ1n) is 13.0. The van der Waals surface area contributed by atoms with Gasteiger partial charge in [-0.05, 0) is 85.7 Å². The van der Waals surface area contributed by atoms with Gasteiger partial charge in [0.1, 0.15) is 16.0 Å². The summed E-state index contributed by atoms with van der Waals surface area (Å²) < 4.78 is 40.4. The van der Waals surface area contributed by atoms with Crippen molar-refractivity contribution in [1.82, 2.24) is 14.3 Å². The highest BCUT2D eigenvalue weighted by molar-refractivity contribution is 7.89. The van der Waals surface area contributed by atoms with Gasteiger partial charge in [-0.15, -0.1) is 11.3 Å². The van der Waals surface area contributed by atoms with Gasteiger partial charge in [-0.25, -0.2) is 18.2 Å². The fourth-order valence-corrected chi connectivity index (χ4v) is 7.29. The minimum Gasteiger partial charge on any atom is -0.437 e. The number of sulfonamides is 1. The van der Waals surface area contributed by atoms with Crippen LogP contribution in [0.25, 0.3) is 21.2 Å². The minimum atomic E-state index is -3.72. The van der Waals surface area contributed by atoms with Crippen LogP contribution in [0, 0.1) is 25.2 Å². The van der Waals surface area contributed by atoms with Gasteiger partial charge >= 0.3 is 5.63 Å². The fraction of sp³-hybridized carbons (Fsp3) is 0.241. The lowest BCUT2D eigenvalue weighted by molar-refractivity contribution is 0.329. The van der Waals surface area contributed by atoms with Gasteiger partial charge in [0, 0.05) is 30.6 Å². The van der Waals surface area contributed by atoms with Crippen LogP contribution in [0.5, 0.6) is 11.6 Å². The smallest absolute Gasteiger partial charge is 0.336 e. The van der Waals surface area contributed by atoms with Gasteiger partial charge in [0.2, 0.25) is 21.9 Å². The highest BCUT2D eigenvalue weighted by Crippen LogP contribution is 2.36. The van der Waals surface area contributed by atoms with Crippen molar-refractivity contribution < 1.29 is 17.6 Å². The van der Waals surface area contributed by atoms with Gasteiger partial charge in [0.15, 0.2) is 0 Å². The molecular weight excluding hydrogens is 562 g/mol. The molecule has 0 amide bonds. The van der Waals surface area contributed by atoms with Gasteiger partial charge in [0.05, 0.1) is 22.0 Å². The molecule has 10 nitrogen and oxygen atoms in total. The molecule has 5 aromatic rings. The Morgan fingerprint density at radius 2 is 1.83 bits per heavy atom. The summed E-state index contributed by atoms with van der Waals surface area (Å²) in [5, 5.41) is 15.1. The molecule has 1 fully saturated rings. The number of piperidine rings is 1. The molecule has 6 rings (SSSR count). The van der Waals surface area contributed by atoms with Crippen LogP contribution < -0.4 is 15.7 Å². The van der Waals surface area contributed by atoms with Gasteiger partial charge in [-0.3, -0.25) is 0 Å². The van der Waals surface area contributed by atoms with Crippen LogP contribution in [-0.2, 0) is 10.0 Å². The molecule has 0 aliphatic carbocycles. The predicted molar refractivity (Wildman–Crippen MR) is 156 cm³/mol. The van der Waals surface area contributed by atoms with E-state index in [-0.39, 0.29) is 10.9 Å². The summed E-state index contributed by atoms with van der Waals surface area (Å²) in [7, 11) is -3.72. The molecule has 0 unspecified atom stereocenters. The minimum absolute atomic E-state index is 0.0327. The van der Waals surface area contributed by atoms with Crippen LogP contribution >= 0.6 is 11.3 Å². The Bertz CT molecular complexity index is 1980. The Hall–Kier alpha value is -4.31. The Kier molecular flexibility index (Phi) is 6.94. The molecule has 0 spiro atoms. The Labute approximate surface area is 239 Å². The van der Waals surface area contributed by atoms with Crippen molar-refractivity contribution in [3.63, 3.8) is 0 Å². The number of nitrogens with one attached hydrogen (secondary N) is 1. The molecular formula is C29H25N5O5S2. The quantitative estimate of drug-likeness (QED) is 0.261. The van der Waals surface area contributed by atoms with E-state index in [1.807, 2.05) is 25.3 Å². The summed E-state index contributed by atoms with van der Waals surface area (Å²) in [6.07, 6.45) is 1.13. The molecule has 0 saturated carbocycles. The average Bonchev–Trinajstić information content (AvgIpc) is 3.43. The van der Waals surface area contributed by atoms with Crippen molar-refractivity contribution in [3.05, 3.63) is 81.0 Å². The van der Waals surface area contributed by atoms with Crippen molar-refractivity contribution >= 4 is 48.5 Å². The largest absolute Gasteiger partial charge is 0.437 e. The number of aromatic nitrogens is 2. The Morgan fingerprint density at radius 3 is 2.56 bits per heavy atom. The number of hydrogen-bond acceptors (Lipinski definition) is 10. The molecule has 0 atom stereocenters. The maximum Gasteiger partial charge on any atom is 0.336 e. The number of benzene rings is 2. The summed E-state index contributed by atoms with van der Waals surface area (Å²) in [4.78, 5) is 20.9. The molecule has 208 valence electrons. The summed E-state index contributed by atoms with van der Waals surface area (Å²) >= 11 is 1.48. The second-order valence-corrected chi connectivity index (χ2v) is 12.8. The number of thiophene rings is 1. The highest BCUT2D eigenvalue weighted by atomic mass is 32.2. The van der Waals surface area contributed by atoms with Crippen molar-refractivity contribution in [3.8, 4) is 17.7 Å². The first-order valence-corrected chi connectivity index (χ1v) is 15.3. The van der Waals surface area contributed by atoms with Crippen molar-refractivity contribution in [2.45, 2.75) is 37.6 Å². The lowest BCUT2D eigenvalue weighted by Gasteiger charge is -2.31. The van der Waals surface area contributed by atoms with Crippen molar-refractivity contribution in [2.24, 2.45) is 0 Å². The Morgan fingerprint density at radius 1 is 1.07 bits per heavy atom. The zero-order valence-corrected chi connectivity index (χ0v) is 23.9. The van der Waals surface area contributed by atoms with Gasteiger partial charge in [0.25, 0.3) is 0 Å². The lowest BCUT2D eigenvalue weighted by Crippen LogP contribution is -2.42. The van der Waals surface area contributed by atoms with E-state index in [4.69, 9.17) is 9.15 Å². The van der Waals surface area contributed by atoms with Gasteiger partial charge < -0.3 is 14.5 Å². The molecule has 4 heterocycles. The number of nitriles is 1. The van der Waals surface area contributed by atoms with Gasteiger partial charge in [-0.1, -0.05) is 0 Å². The van der Waals surface area contributed by atoms with E-state index in [2.05, 4.69) is 21.4 Å². The van der Waals surface area contributed by atoms with E-state index in [0.29, 0.717) is 60.0 Å². The first kappa shape index (κ1) is 26.9. The van der Waals surface area contributed by atoms with E-state index in [1.54, 1.807) is 18.2 Å². The van der Waals surface area contributed by atoms with Crippen LogP contribution in [0.1, 0.15) is 29.5 Å². The first-order chi connectivity index (χ1) is 19.7. The molecule has 2 aromatic carbocycles. The maximum atomic E-state index is 13.3. The molecule has 0 bridgehead atoms. The van der Waals surface area contributed by atoms with Crippen LogP contribution in [0.15, 0.2) is 68.0 Å².